The van der Waals surface area contributed by atoms with Crippen molar-refractivity contribution in [1.29, 1.82) is 0 Å². The summed E-state index contributed by atoms with van der Waals surface area (Å²) in [5, 5.41) is 19.4. The van der Waals surface area contributed by atoms with E-state index in [1.54, 1.807) is 25.1 Å². The van der Waals surface area contributed by atoms with Gasteiger partial charge >= 0.3 is 5.97 Å². The number of aliphatic hydroxyl groups excluding tert-OH is 1. The van der Waals surface area contributed by atoms with Crippen LogP contribution in [0.5, 0.6) is 0 Å². The van der Waals surface area contributed by atoms with Gasteiger partial charge in [-0.3, -0.25) is 0 Å². The second-order valence-corrected chi connectivity index (χ2v) is 5.82. The van der Waals surface area contributed by atoms with Gasteiger partial charge in [-0.1, -0.05) is 25.1 Å². The van der Waals surface area contributed by atoms with Crippen molar-refractivity contribution in [2.45, 2.75) is 31.0 Å². The smallest absolute Gasteiger partial charge is 0.339 e. The molecular weight excluding hydrogens is 264 g/mol. The first kappa shape index (κ1) is 14.0. The van der Waals surface area contributed by atoms with Crippen molar-refractivity contribution < 1.29 is 19.4 Å². The van der Waals surface area contributed by atoms with Gasteiger partial charge in [-0.05, 0) is 13.0 Å². The molecule has 4 nitrogen and oxygen atoms in total. The molecule has 0 aliphatic rings. The Morgan fingerprint density at radius 1 is 1.37 bits per heavy atom. The third-order valence-electron chi connectivity index (χ3n) is 3.04. The molecule has 2 atom stereocenters. The van der Waals surface area contributed by atoms with E-state index < -0.39 is 12.1 Å². The Morgan fingerprint density at radius 3 is 2.68 bits per heavy atom. The molecule has 0 bridgehead atoms. The Labute approximate surface area is 115 Å². The lowest BCUT2D eigenvalue weighted by Gasteiger charge is -2.12. The maximum absolute atomic E-state index is 11.4. The fraction of sp³-hybridized carbons (Fsp3) is 0.357. The Balaban J connectivity index is 2.32. The van der Waals surface area contributed by atoms with Crippen molar-refractivity contribution in [3.8, 4) is 0 Å². The molecule has 0 aliphatic carbocycles. The largest absolute Gasteiger partial charge is 0.478 e. The van der Waals surface area contributed by atoms with E-state index in [-0.39, 0.29) is 10.8 Å². The number of rotatable bonds is 5. The zero-order valence-corrected chi connectivity index (χ0v) is 11.6. The third kappa shape index (κ3) is 2.93. The van der Waals surface area contributed by atoms with Crippen LogP contribution in [0.3, 0.4) is 0 Å². The summed E-state index contributed by atoms with van der Waals surface area (Å²) in [7, 11) is 0. The van der Waals surface area contributed by atoms with E-state index in [2.05, 4.69) is 0 Å². The molecule has 0 aliphatic heterocycles. The van der Waals surface area contributed by atoms with Crippen LogP contribution in [0.25, 0.3) is 11.0 Å². The van der Waals surface area contributed by atoms with Crippen molar-refractivity contribution in [1.82, 2.24) is 0 Å². The predicted molar refractivity (Wildman–Crippen MR) is 75.6 cm³/mol. The summed E-state index contributed by atoms with van der Waals surface area (Å²) in [4.78, 5) is 11.4. The van der Waals surface area contributed by atoms with Crippen LogP contribution in [0, 0.1) is 0 Å². The summed E-state index contributed by atoms with van der Waals surface area (Å²) < 4.78 is 5.61. The number of hydrogen-bond acceptors (Lipinski definition) is 4. The third-order valence-corrected chi connectivity index (χ3v) is 4.39. The van der Waals surface area contributed by atoms with Gasteiger partial charge in [0.2, 0.25) is 0 Å². The number of para-hydroxylation sites is 1. The van der Waals surface area contributed by atoms with Crippen LogP contribution >= 0.6 is 11.8 Å². The van der Waals surface area contributed by atoms with Gasteiger partial charge in [0.05, 0.1) is 11.9 Å². The maximum Gasteiger partial charge on any atom is 0.339 e. The Kier molecular flexibility index (Phi) is 4.17. The van der Waals surface area contributed by atoms with Crippen LogP contribution in [0.4, 0.5) is 0 Å². The highest BCUT2D eigenvalue weighted by atomic mass is 32.2. The molecule has 2 unspecified atom stereocenters. The molecule has 102 valence electrons. The molecule has 0 radical (unpaired) electrons. The van der Waals surface area contributed by atoms with Crippen LogP contribution in [-0.2, 0) is 5.75 Å². The lowest BCUT2D eigenvalue weighted by molar-refractivity contribution is 0.0697. The zero-order chi connectivity index (χ0) is 14.0. The predicted octanol–water partition coefficient (Wildman–Crippen LogP) is 3.13. The number of carboxylic acids is 1. The minimum atomic E-state index is -0.981. The molecule has 2 aromatic rings. The number of carboxylic acid groups (broad SMARTS) is 1. The summed E-state index contributed by atoms with van der Waals surface area (Å²) in [6.45, 7) is 3.62. The van der Waals surface area contributed by atoms with Gasteiger partial charge in [-0.25, -0.2) is 4.79 Å². The fourth-order valence-electron chi connectivity index (χ4n) is 1.78. The second kappa shape index (κ2) is 5.67. The SMILES string of the molecule is CC(O)C(C)SCc1oc2ccccc2c1C(=O)O. The molecule has 1 aromatic heterocycles. The Morgan fingerprint density at radius 2 is 2.05 bits per heavy atom. The first-order valence-electron chi connectivity index (χ1n) is 6.04. The standard InChI is InChI=1S/C14H16O4S/c1-8(15)9(2)19-7-12-13(14(16)17)10-5-3-4-6-11(10)18-12/h3-6,8-9,15H,7H2,1-2H3,(H,16,17). The fourth-order valence-corrected chi connectivity index (χ4v) is 2.67. The van der Waals surface area contributed by atoms with Crippen LogP contribution in [0.2, 0.25) is 0 Å². The number of hydrogen-bond donors (Lipinski definition) is 2. The van der Waals surface area contributed by atoms with Gasteiger partial charge in [-0.2, -0.15) is 0 Å². The molecule has 5 heteroatoms. The Bertz CT molecular complexity index is 588. The molecule has 1 heterocycles. The molecule has 1 aromatic carbocycles. The number of fused-ring (bicyclic) bond motifs is 1. The van der Waals surface area contributed by atoms with Crippen LogP contribution < -0.4 is 0 Å². The summed E-state index contributed by atoms with van der Waals surface area (Å²) in [5.74, 6) is -0.0981. The highest BCUT2D eigenvalue weighted by Crippen LogP contribution is 2.30. The van der Waals surface area contributed by atoms with Crippen molar-refractivity contribution in [2.75, 3.05) is 0 Å². The molecule has 0 saturated heterocycles. The quantitative estimate of drug-likeness (QED) is 0.880. The lowest BCUT2D eigenvalue weighted by atomic mass is 10.1. The molecule has 0 amide bonds. The molecule has 2 N–H and O–H groups in total. The van der Waals surface area contributed by atoms with Crippen molar-refractivity contribution in [3.63, 3.8) is 0 Å². The first-order valence-corrected chi connectivity index (χ1v) is 7.09. The Hall–Kier alpha value is -1.46. The summed E-state index contributed by atoms with van der Waals surface area (Å²) in [6.07, 6.45) is -0.442. The normalized spacial score (nSPS) is 14.5. The van der Waals surface area contributed by atoms with Crippen molar-refractivity contribution in [3.05, 3.63) is 35.6 Å². The minimum Gasteiger partial charge on any atom is -0.478 e. The van der Waals surface area contributed by atoms with Crippen LogP contribution in [0.15, 0.2) is 28.7 Å². The van der Waals surface area contributed by atoms with Crippen LogP contribution in [-0.4, -0.2) is 27.5 Å². The van der Waals surface area contributed by atoms with E-state index in [1.165, 1.54) is 11.8 Å². The van der Waals surface area contributed by atoms with Gasteiger partial charge in [0.1, 0.15) is 16.9 Å². The number of aromatic carboxylic acids is 1. The topological polar surface area (TPSA) is 70.7 Å². The van der Waals surface area contributed by atoms with Crippen LogP contribution in [0.1, 0.15) is 30.0 Å². The number of carbonyl (C=O) groups is 1. The number of furan rings is 1. The van der Waals surface area contributed by atoms with Crippen molar-refractivity contribution in [2.24, 2.45) is 0 Å². The number of thioether (sulfide) groups is 1. The van der Waals surface area contributed by atoms with Gasteiger partial charge in [-0.15, -0.1) is 11.8 Å². The number of aliphatic hydroxyl groups is 1. The monoisotopic (exact) mass is 280 g/mol. The van der Waals surface area contributed by atoms with E-state index in [0.717, 1.165) is 0 Å². The maximum atomic E-state index is 11.4. The average molecular weight is 280 g/mol. The lowest BCUT2D eigenvalue weighted by Crippen LogP contribution is -2.15. The number of benzene rings is 1. The highest BCUT2D eigenvalue weighted by Gasteiger charge is 2.21. The van der Waals surface area contributed by atoms with Crippen molar-refractivity contribution >= 4 is 28.7 Å². The van der Waals surface area contributed by atoms with E-state index in [4.69, 9.17) is 4.42 Å². The molecule has 2 rings (SSSR count). The summed E-state index contributed by atoms with van der Waals surface area (Å²) in [5.41, 5.74) is 0.807. The highest BCUT2D eigenvalue weighted by molar-refractivity contribution is 7.99. The van der Waals surface area contributed by atoms with E-state index >= 15 is 0 Å². The second-order valence-electron chi connectivity index (χ2n) is 4.46. The van der Waals surface area contributed by atoms with Gasteiger partial charge < -0.3 is 14.6 Å². The summed E-state index contributed by atoms with van der Waals surface area (Å²) in [6, 6.07) is 7.11. The molecule has 0 fully saturated rings. The minimum absolute atomic E-state index is 0.0230. The van der Waals surface area contributed by atoms with E-state index in [1.807, 2.05) is 13.0 Å². The summed E-state index contributed by atoms with van der Waals surface area (Å²) >= 11 is 1.48. The van der Waals surface area contributed by atoms with E-state index in [0.29, 0.717) is 22.5 Å². The average Bonchev–Trinajstić information content (AvgIpc) is 2.73. The molecule has 0 saturated carbocycles. The van der Waals surface area contributed by atoms with E-state index in [9.17, 15) is 15.0 Å². The van der Waals surface area contributed by atoms with Gasteiger partial charge in [0, 0.05) is 10.6 Å². The first-order chi connectivity index (χ1) is 9.00. The van der Waals surface area contributed by atoms with Gasteiger partial charge in [0.25, 0.3) is 0 Å². The molecule has 0 spiro atoms. The zero-order valence-electron chi connectivity index (χ0n) is 10.8. The molecule has 19 heavy (non-hydrogen) atoms. The molecular formula is C14H16O4S. The van der Waals surface area contributed by atoms with Gasteiger partial charge in [0.15, 0.2) is 0 Å².